The maximum Gasteiger partial charge on any atom is 0.308 e. The number of rotatable bonds is 8. The van der Waals surface area contributed by atoms with Gasteiger partial charge >= 0.3 is 5.97 Å². The second kappa shape index (κ2) is 9.73. The van der Waals surface area contributed by atoms with Gasteiger partial charge in [-0.3, -0.25) is 14.4 Å². The number of ether oxygens (including phenoxy) is 2. The average molecular weight is 396 g/mol. The Bertz CT molecular complexity index is 869. The first-order chi connectivity index (χ1) is 14.0. The molecule has 0 radical (unpaired) electrons. The van der Waals surface area contributed by atoms with E-state index in [0.717, 1.165) is 5.56 Å². The Morgan fingerprint density at radius 1 is 1.14 bits per heavy atom. The number of hydrogen-bond acceptors (Lipinski definition) is 5. The van der Waals surface area contributed by atoms with Gasteiger partial charge in [-0.2, -0.15) is 0 Å². The highest BCUT2D eigenvalue weighted by molar-refractivity contribution is 5.98. The fourth-order valence-electron chi connectivity index (χ4n) is 3.04. The van der Waals surface area contributed by atoms with E-state index in [9.17, 15) is 14.4 Å². The smallest absolute Gasteiger partial charge is 0.308 e. The number of nitrogens with one attached hydrogen (secondary N) is 1. The number of para-hydroxylation sites is 2. The molecule has 152 valence electrons. The number of benzene rings is 2. The molecule has 2 aromatic rings. The van der Waals surface area contributed by atoms with Gasteiger partial charge in [0, 0.05) is 13.1 Å². The summed E-state index contributed by atoms with van der Waals surface area (Å²) in [7, 11) is 0. The fraction of sp³-hybridized carbons (Fsp3) is 0.318. The summed E-state index contributed by atoms with van der Waals surface area (Å²) < 4.78 is 10.4. The van der Waals surface area contributed by atoms with Crippen LogP contribution in [0, 0.1) is 0 Å². The third-order valence-electron chi connectivity index (χ3n) is 4.69. The molecule has 1 atom stereocenters. The van der Waals surface area contributed by atoms with Gasteiger partial charge in [0.1, 0.15) is 5.75 Å². The second-order valence-electron chi connectivity index (χ2n) is 6.83. The summed E-state index contributed by atoms with van der Waals surface area (Å²) in [5.41, 5.74) is 1.75. The van der Waals surface area contributed by atoms with Crippen molar-refractivity contribution in [1.82, 2.24) is 5.32 Å². The summed E-state index contributed by atoms with van der Waals surface area (Å²) in [5.74, 6) is -0.346. The molecule has 29 heavy (non-hydrogen) atoms. The molecule has 0 saturated carbocycles. The van der Waals surface area contributed by atoms with Crippen molar-refractivity contribution in [3.05, 3.63) is 60.2 Å². The Labute approximate surface area is 169 Å². The Kier molecular flexibility index (Phi) is 6.84. The molecule has 3 rings (SSSR count). The van der Waals surface area contributed by atoms with E-state index in [-0.39, 0.29) is 43.9 Å². The molecule has 1 aliphatic heterocycles. The highest BCUT2D eigenvalue weighted by Crippen LogP contribution is 2.31. The predicted molar refractivity (Wildman–Crippen MR) is 108 cm³/mol. The van der Waals surface area contributed by atoms with Crippen LogP contribution in [0.3, 0.4) is 0 Å². The molecule has 1 heterocycles. The van der Waals surface area contributed by atoms with Gasteiger partial charge in [0.25, 0.3) is 11.8 Å². The van der Waals surface area contributed by atoms with Crippen molar-refractivity contribution in [2.24, 2.45) is 0 Å². The van der Waals surface area contributed by atoms with E-state index in [1.54, 1.807) is 18.2 Å². The minimum atomic E-state index is -0.534. The van der Waals surface area contributed by atoms with Crippen molar-refractivity contribution in [1.29, 1.82) is 0 Å². The van der Waals surface area contributed by atoms with Gasteiger partial charge in [0.15, 0.2) is 13.2 Å². The van der Waals surface area contributed by atoms with E-state index >= 15 is 0 Å². The minimum absolute atomic E-state index is 0.00618. The van der Waals surface area contributed by atoms with E-state index in [1.807, 2.05) is 43.3 Å². The van der Waals surface area contributed by atoms with Crippen molar-refractivity contribution >= 4 is 23.5 Å². The van der Waals surface area contributed by atoms with E-state index in [4.69, 9.17) is 9.47 Å². The maximum absolute atomic E-state index is 12.1. The van der Waals surface area contributed by atoms with Gasteiger partial charge in [0.05, 0.1) is 12.1 Å². The van der Waals surface area contributed by atoms with Crippen LogP contribution < -0.4 is 15.0 Å². The van der Waals surface area contributed by atoms with Crippen LogP contribution in [0.15, 0.2) is 54.6 Å². The van der Waals surface area contributed by atoms with Crippen LogP contribution in [0.4, 0.5) is 5.69 Å². The molecule has 0 fully saturated rings. The van der Waals surface area contributed by atoms with E-state index in [2.05, 4.69) is 5.32 Å². The molecule has 0 aliphatic carbocycles. The summed E-state index contributed by atoms with van der Waals surface area (Å²) in [4.78, 5) is 37.5. The number of nitrogens with zero attached hydrogens (tertiary/aromatic N) is 1. The third-order valence-corrected chi connectivity index (χ3v) is 4.69. The first kappa shape index (κ1) is 20.4. The molecular weight excluding hydrogens is 372 g/mol. The number of amides is 2. The molecular formula is C22H24N2O5. The summed E-state index contributed by atoms with van der Waals surface area (Å²) in [5, 5.41) is 2.76. The molecule has 0 spiro atoms. The van der Waals surface area contributed by atoms with Gasteiger partial charge in [-0.05, 0) is 23.6 Å². The van der Waals surface area contributed by atoms with E-state index in [1.165, 1.54) is 4.90 Å². The number of carbonyl (C=O) groups excluding carboxylic acids is 3. The van der Waals surface area contributed by atoms with Crippen molar-refractivity contribution in [2.45, 2.75) is 19.3 Å². The molecule has 0 unspecified atom stereocenters. The van der Waals surface area contributed by atoms with Gasteiger partial charge in [-0.1, -0.05) is 49.4 Å². The second-order valence-corrected chi connectivity index (χ2v) is 6.83. The number of esters is 1. The van der Waals surface area contributed by atoms with Crippen molar-refractivity contribution < 1.29 is 23.9 Å². The normalized spacial score (nSPS) is 13.8. The highest BCUT2D eigenvalue weighted by Gasteiger charge is 2.25. The summed E-state index contributed by atoms with van der Waals surface area (Å²) in [6, 6.07) is 17.0. The van der Waals surface area contributed by atoms with Crippen LogP contribution in [-0.4, -0.2) is 44.1 Å². The molecule has 1 N–H and O–H groups in total. The quantitative estimate of drug-likeness (QED) is 0.692. The first-order valence-electron chi connectivity index (χ1n) is 9.54. The lowest BCUT2D eigenvalue weighted by molar-refractivity contribution is -0.148. The first-order valence-corrected chi connectivity index (χ1v) is 9.54. The standard InChI is InChI=1S/C22H24N2O5/c1-16(17-7-3-2-4-8-17)13-23-20(25)14-29-22(27)11-12-24-18-9-5-6-10-19(18)28-15-21(24)26/h2-10,16H,11-15H2,1H3,(H,23,25)/t16-/m0/s1. The van der Waals surface area contributed by atoms with Crippen LogP contribution in [0.2, 0.25) is 0 Å². The van der Waals surface area contributed by atoms with Crippen molar-refractivity contribution in [2.75, 3.05) is 31.2 Å². The lowest BCUT2D eigenvalue weighted by Crippen LogP contribution is -2.40. The molecule has 2 amide bonds. The van der Waals surface area contributed by atoms with Crippen LogP contribution >= 0.6 is 0 Å². The monoisotopic (exact) mass is 396 g/mol. The Morgan fingerprint density at radius 2 is 1.86 bits per heavy atom. The van der Waals surface area contributed by atoms with Crippen LogP contribution in [-0.2, 0) is 19.1 Å². The zero-order valence-corrected chi connectivity index (χ0v) is 16.3. The SMILES string of the molecule is C[C@@H](CNC(=O)COC(=O)CCN1C(=O)COc2ccccc21)c1ccccc1. The Balaban J connectivity index is 1.40. The zero-order chi connectivity index (χ0) is 20.6. The summed E-state index contributed by atoms with van der Waals surface area (Å²) in [6.45, 7) is 2.24. The average Bonchev–Trinajstić information content (AvgIpc) is 2.76. The summed E-state index contributed by atoms with van der Waals surface area (Å²) in [6.07, 6.45) is -0.00618. The van der Waals surface area contributed by atoms with Gasteiger partial charge < -0.3 is 19.7 Å². The molecule has 7 heteroatoms. The van der Waals surface area contributed by atoms with Gasteiger partial charge in [-0.25, -0.2) is 0 Å². The maximum atomic E-state index is 12.1. The topological polar surface area (TPSA) is 84.9 Å². The van der Waals surface area contributed by atoms with Crippen LogP contribution in [0.25, 0.3) is 0 Å². The molecule has 0 saturated heterocycles. The van der Waals surface area contributed by atoms with E-state index in [0.29, 0.717) is 18.0 Å². The van der Waals surface area contributed by atoms with Gasteiger partial charge in [0.2, 0.25) is 0 Å². The number of hydrogen-bond donors (Lipinski definition) is 1. The Hall–Kier alpha value is -3.35. The Morgan fingerprint density at radius 3 is 2.66 bits per heavy atom. The zero-order valence-electron chi connectivity index (χ0n) is 16.3. The number of fused-ring (bicyclic) bond motifs is 1. The molecule has 0 bridgehead atoms. The van der Waals surface area contributed by atoms with Crippen LogP contribution in [0.1, 0.15) is 24.8 Å². The fourth-order valence-corrected chi connectivity index (χ4v) is 3.04. The lowest BCUT2D eigenvalue weighted by Gasteiger charge is -2.28. The molecule has 0 aromatic heterocycles. The summed E-state index contributed by atoms with van der Waals surface area (Å²) >= 11 is 0. The highest BCUT2D eigenvalue weighted by atomic mass is 16.5. The molecule has 1 aliphatic rings. The molecule has 2 aromatic carbocycles. The van der Waals surface area contributed by atoms with E-state index < -0.39 is 5.97 Å². The largest absolute Gasteiger partial charge is 0.482 e. The third kappa shape index (κ3) is 5.57. The number of carbonyl (C=O) groups is 3. The minimum Gasteiger partial charge on any atom is -0.482 e. The molecule has 7 nitrogen and oxygen atoms in total. The van der Waals surface area contributed by atoms with Crippen LogP contribution in [0.5, 0.6) is 5.75 Å². The number of anilines is 1. The van der Waals surface area contributed by atoms with Crippen molar-refractivity contribution in [3.8, 4) is 5.75 Å². The van der Waals surface area contributed by atoms with Gasteiger partial charge in [-0.15, -0.1) is 0 Å². The lowest BCUT2D eigenvalue weighted by atomic mass is 10.0. The predicted octanol–water partition coefficient (Wildman–Crippen LogP) is 2.27. The van der Waals surface area contributed by atoms with Crippen molar-refractivity contribution in [3.63, 3.8) is 0 Å².